The lowest BCUT2D eigenvalue weighted by Gasteiger charge is -2.15. The molecule has 0 saturated heterocycles. The zero-order chi connectivity index (χ0) is 11.1. The van der Waals surface area contributed by atoms with Gasteiger partial charge in [0, 0.05) is 18.7 Å². The van der Waals surface area contributed by atoms with Gasteiger partial charge in [-0.15, -0.1) is 0 Å². The van der Waals surface area contributed by atoms with E-state index in [1.54, 1.807) is 7.11 Å². The van der Waals surface area contributed by atoms with Gasteiger partial charge >= 0.3 is 0 Å². The molecule has 0 bridgehead atoms. The van der Waals surface area contributed by atoms with Gasteiger partial charge in [-0.1, -0.05) is 18.2 Å². The fourth-order valence-corrected chi connectivity index (χ4v) is 1.29. The Bertz CT molecular complexity index is 292. The van der Waals surface area contributed by atoms with E-state index < -0.39 is 0 Å². The largest absolute Gasteiger partial charge is 0.491 e. The first-order valence-corrected chi connectivity index (χ1v) is 4.96. The smallest absolute Gasteiger partial charge is 0.124 e. The van der Waals surface area contributed by atoms with Crippen LogP contribution < -0.4 is 16.0 Å². The van der Waals surface area contributed by atoms with Crippen LogP contribution >= 0.6 is 0 Å². The number of ether oxygens (including phenoxy) is 2. The van der Waals surface area contributed by atoms with E-state index in [1.165, 1.54) is 0 Å². The normalized spacial score (nSPS) is 12.5. The molecular formula is C11H18N2O2. The van der Waals surface area contributed by atoms with Crippen LogP contribution in [-0.4, -0.2) is 20.3 Å². The summed E-state index contributed by atoms with van der Waals surface area (Å²) in [5.74, 6) is 6.24. The van der Waals surface area contributed by atoms with Crippen molar-refractivity contribution in [3.8, 4) is 5.75 Å². The summed E-state index contributed by atoms with van der Waals surface area (Å²) in [6.07, 6.45) is 0. The molecule has 0 spiro atoms. The first-order valence-electron chi connectivity index (χ1n) is 4.96. The first-order chi connectivity index (χ1) is 7.29. The lowest BCUT2D eigenvalue weighted by atomic mass is 10.1. The standard InChI is InChI=1S/C11H18N2O2/c1-9(13-12)10-5-3-4-6-11(10)15-8-7-14-2/h3-6,9,13H,7-8,12H2,1-2H3. The minimum Gasteiger partial charge on any atom is -0.491 e. The van der Waals surface area contributed by atoms with Crippen molar-refractivity contribution in [1.29, 1.82) is 0 Å². The second-order valence-corrected chi connectivity index (χ2v) is 3.27. The van der Waals surface area contributed by atoms with Gasteiger partial charge in [0.1, 0.15) is 12.4 Å². The molecule has 1 atom stereocenters. The Balaban J connectivity index is 2.68. The van der Waals surface area contributed by atoms with Crippen molar-refractivity contribution in [3.63, 3.8) is 0 Å². The van der Waals surface area contributed by atoms with Crippen LogP contribution in [0.15, 0.2) is 24.3 Å². The molecule has 1 unspecified atom stereocenters. The molecule has 0 aliphatic rings. The van der Waals surface area contributed by atoms with Gasteiger partial charge in [-0.3, -0.25) is 11.3 Å². The average molecular weight is 210 g/mol. The van der Waals surface area contributed by atoms with Crippen LogP contribution in [0.2, 0.25) is 0 Å². The van der Waals surface area contributed by atoms with Gasteiger partial charge in [-0.2, -0.15) is 0 Å². The van der Waals surface area contributed by atoms with Crippen LogP contribution in [0.25, 0.3) is 0 Å². The molecule has 0 aliphatic heterocycles. The molecule has 0 aromatic heterocycles. The zero-order valence-corrected chi connectivity index (χ0v) is 9.19. The van der Waals surface area contributed by atoms with Crippen molar-refractivity contribution in [1.82, 2.24) is 5.43 Å². The highest BCUT2D eigenvalue weighted by atomic mass is 16.5. The summed E-state index contributed by atoms with van der Waals surface area (Å²) >= 11 is 0. The molecule has 0 amide bonds. The third-order valence-corrected chi connectivity index (χ3v) is 2.18. The molecule has 0 heterocycles. The van der Waals surface area contributed by atoms with Crippen molar-refractivity contribution >= 4 is 0 Å². The average Bonchev–Trinajstić information content (AvgIpc) is 2.29. The molecule has 0 fully saturated rings. The molecule has 0 aliphatic carbocycles. The Morgan fingerprint density at radius 1 is 1.33 bits per heavy atom. The van der Waals surface area contributed by atoms with Gasteiger partial charge in [0.15, 0.2) is 0 Å². The maximum atomic E-state index is 5.58. The van der Waals surface area contributed by atoms with Gasteiger partial charge in [-0.05, 0) is 13.0 Å². The number of methoxy groups -OCH3 is 1. The quantitative estimate of drug-likeness (QED) is 0.421. The van der Waals surface area contributed by atoms with Gasteiger partial charge in [0.2, 0.25) is 0 Å². The molecule has 15 heavy (non-hydrogen) atoms. The van der Waals surface area contributed by atoms with Crippen LogP contribution in [-0.2, 0) is 4.74 Å². The topological polar surface area (TPSA) is 56.5 Å². The van der Waals surface area contributed by atoms with Crippen LogP contribution in [0.4, 0.5) is 0 Å². The number of hydrazine groups is 1. The second-order valence-electron chi connectivity index (χ2n) is 3.27. The van der Waals surface area contributed by atoms with E-state index in [0.29, 0.717) is 13.2 Å². The van der Waals surface area contributed by atoms with E-state index in [4.69, 9.17) is 15.3 Å². The Hall–Kier alpha value is -1.10. The van der Waals surface area contributed by atoms with Crippen LogP contribution in [0.3, 0.4) is 0 Å². The third-order valence-electron chi connectivity index (χ3n) is 2.18. The first kappa shape index (κ1) is 12.0. The maximum Gasteiger partial charge on any atom is 0.124 e. The summed E-state index contributed by atoms with van der Waals surface area (Å²) in [7, 11) is 1.65. The fourth-order valence-electron chi connectivity index (χ4n) is 1.29. The van der Waals surface area contributed by atoms with Gasteiger partial charge in [0.05, 0.1) is 6.61 Å². The molecule has 1 aromatic rings. The van der Waals surface area contributed by atoms with Gasteiger partial charge in [0.25, 0.3) is 0 Å². The summed E-state index contributed by atoms with van der Waals surface area (Å²) in [5, 5.41) is 0. The van der Waals surface area contributed by atoms with Crippen molar-refractivity contribution in [2.45, 2.75) is 13.0 Å². The van der Waals surface area contributed by atoms with Crippen molar-refractivity contribution in [2.24, 2.45) is 5.84 Å². The number of nitrogens with two attached hydrogens (primary N) is 1. The van der Waals surface area contributed by atoms with E-state index in [1.807, 2.05) is 31.2 Å². The highest BCUT2D eigenvalue weighted by molar-refractivity contribution is 5.35. The van der Waals surface area contributed by atoms with E-state index >= 15 is 0 Å². The van der Waals surface area contributed by atoms with E-state index in [2.05, 4.69) is 5.43 Å². The lowest BCUT2D eigenvalue weighted by Crippen LogP contribution is -2.26. The predicted octanol–water partition coefficient (Wildman–Crippen LogP) is 1.24. The van der Waals surface area contributed by atoms with E-state index in [9.17, 15) is 0 Å². The van der Waals surface area contributed by atoms with Crippen molar-refractivity contribution in [2.75, 3.05) is 20.3 Å². The molecule has 1 rings (SSSR count). The Kier molecular flexibility index (Phi) is 5.10. The van der Waals surface area contributed by atoms with Gasteiger partial charge in [-0.25, -0.2) is 0 Å². The van der Waals surface area contributed by atoms with E-state index in [0.717, 1.165) is 11.3 Å². The predicted molar refractivity (Wildman–Crippen MR) is 59.6 cm³/mol. The van der Waals surface area contributed by atoms with Crippen LogP contribution in [0.1, 0.15) is 18.5 Å². The molecule has 3 N–H and O–H groups in total. The summed E-state index contributed by atoms with van der Waals surface area (Å²) in [6.45, 7) is 3.11. The number of para-hydroxylation sites is 1. The lowest BCUT2D eigenvalue weighted by molar-refractivity contribution is 0.145. The summed E-state index contributed by atoms with van der Waals surface area (Å²) in [4.78, 5) is 0. The van der Waals surface area contributed by atoms with Crippen molar-refractivity contribution in [3.05, 3.63) is 29.8 Å². The molecule has 84 valence electrons. The minimum absolute atomic E-state index is 0.0729. The number of nitrogens with one attached hydrogen (secondary N) is 1. The summed E-state index contributed by atoms with van der Waals surface area (Å²) in [6, 6.07) is 7.90. The monoisotopic (exact) mass is 210 g/mol. The highest BCUT2D eigenvalue weighted by Crippen LogP contribution is 2.23. The molecule has 0 radical (unpaired) electrons. The fraction of sp³-hybridized carbons (Fsp3) is 0.455. The minimum atomic E-state index is 0.0729. The van der Waals surface area contributed by atoms with Crippen molar-refractivity contribution < 1.29 is 9.47 Å². The van der Waals surface area contributed by atoms with Gasteiger partial charge < -0.3 is 9.47 Å². The molecule has 0 saturated carbocycles. The number of hydrogen-bond acceptors (Lipinski definition) is 4. The van der Waals surface area contributed by atoms with Crippen LogP contribution in [0.5, 0.6) is 5.75 Å². The number of benzene rings is 1. The van der Waals surface area contributed by atoms with Crippen LogP contribution in [0, 0.1) is 0 Å². The number of hydrogen-bond donors (Lipinski definition) is 2. The maximum absolute atomic E-state index is 5.58. The summed E-state index contributed by atoms with van der Waals surface area (Å²) in [5.41, 5.74) is 3.75. The van der Waals surface area contributed by atoms with E-state index in [-0.39, 0.29) is 6.04 Å². The SMILES string of the molecule is COCCOc1ccccc1C(C)NN. The summed E-state index contributed by atoms with van der Waals surface area (Å²) < 4.78 is 10.5. The second kappa shape index (κ2) is 6.40. The molecule has 1 aromatic carbocycles. The zero-order valence-electron chi connectivity index (χ0n) is 9.19. The Morgan fingerprint density at radius 2 is 2.07 bits per heavy atom. The molecular weight excluding hydrogens is 192 g/mol. The Morgan fingerprint density at radius 3 is 2.73 bits per heavy atom. The number of rotatable bonds is 6. The molecule has 4 heteroatoms. The molecule has 4 nitrogen and oxygen atoms in total. The Labute approximate surface area is 90.3 Å². The third kappa shape index (κ3) is 3.51. The highest BCUT2D eigenvalue weighted by Gasteiger charge is 2.08.